The van der Waals surface area contributed by atoms with Crippen molar-refractivity contribution in [3.8, 4) is 0 Å². The van der Waals surface area contributed by atoms with E-state index in [1.54, 1.807) is 0 Å². The summed E-state index contributed by atoms with van der Waals surface area (Å²) in [6, 6.07) is 0. The Balaban J connectivity index is 3.72. The largest absolute Gasteiger partial charge is 0.388 e. The average molecular weight is 243 g/mol. The molecule has 0 aromatic heterocycles. The van der Waals surface area contributed by atoms with E-state index < -0.39 is 0 Å². The minimum absolute atomic E-state index is 0.269. The second-order valence-corrected chi connectivity index (χ2v) is 4.94. The van der Waals surface area contributed by atoms with Crippen LogP contribution in [0.5, 0.6) is 0 Å². The zero-order chi connectivity index (χ0) is 13.1. The van der Waals surface area contributed by atoms with Crippen LogP contribution >= 0.6 is 0 Å². The van der Waals surface area contributed by atoms with Crippen molar-refractivity contribution in [3.05, 3.63) is 0 Å². The lowest BCUT2D eigenvalue weighted by atomic mass is 10.2. The third-order valence-electron chi connectivity index (χ3n) is 2.51. The molecule has 17 heavy (non-hydrogen) atoms. The van der Waals surface area contributed by atoms with Gasteiger partial charge in [0.25, 0.3) is 0 Å². The maximum absolute atomic E-state index is 7.26. The molecule has 102 valence electrons. The van der Waals surface area contributed by atoms with E-state index in [4.69, 9.17) is 15.9 Å². The standard InChI is InChI=1S/C13H29N3O/c1-4-5-9-17-10-8-16(11-12(2)3)7-6-13(14)15/h12H,4-11H2,1-3H3,(H3,14,15). The minimum atomic E-state index is 0.269. The molecule has 0 atom stereocenters. The zero-order valence-electron chi connectivity index (χ0n) is 11.7. The topological polar surface area (TPSA) is 62.3 Å². The number of unbranched alkanes of at least 4 members (excludes halogenated alkanes) is 1. The normalized spacial score (nSPS) is 11.4. The molecule has 0 saturated heterocycles. The Kier molecular flexibility index (Phi) is 10.2. The molecule has 0 aromatic rings. The van der Waals surface area contributed by atoms with Crippen molar-refractivity contribution in [2.45, 2.75) is 40.0 Å². The zero-order valence-corrected chi connectivity index (χ0v) is 11.7. The Morgan fingerprint density at radius 3 is 2.53 bits per heavy atom. The summed E-state index contributed by atoms with van der Waals surface area (Å²) in [6.07, 6.45) is 2.97. The molecule has 0 amide bonds. The highest BCUT2D eigenvalue weighted by Crippen LogP contribution is 2.00. The van der Waals surface area contributed by atoms with E-state index in [1.807, 2.05) is 0 Å². The molecule has 4 heteroatoms. The quantitative estimate of drug-likeness (QED) is 0.332. The molecule has 0 bridgehead atoms. The van der Waals surface area contributed by atoms with Crippen molar-refractivity contribution < 1.29 is 4.74 Å². The van der Waals surface area contributed by atoms with Crippen molar-refractivity contribution in [1.82, 2.24) is 4.90 Å². The number of hydrogen-bond donors (Lipinski definition) is 2. The van der Waals surface area contributed by atoms with Crippen LogP contribution in [0.3, 0.4) is 0 Å². The fourth-order valence-electron chi connectivity index (χ4n) is 1.63. The first-order chi connectivity index (χ1) is 8.06. The molecule has 0 aromatic carbocycles. The predicted molar refractivity (Wildman–Crippen MR) is 73.5 cm³/mol. The fraction of sp³-hybridized carbons (Fsp3) is 0.923. The molecule has 0 fully saturated rings. The number of hydrogen-bond acceptors (Lipinski definition) is 3. The second-order valence-electron chi connectivity index (χ2n) is 4.94. The van der Waals surface area contributed by atoms with Gasteiger partial charge in [-0.15, -0.1) is 0 Å². The Morgan fingerprint density at radius 1 is 1.29 bits per heavy atom. The predicted octanol–water partition coefficient (Wildman–Crippen LogP) is 2.09. The van der Waals surface area contributed by atoms with E-state index in [0.717, 1.165) is 39.3 Å². The molecule has 0 rings (SSSR count). The van der Waals surface area contributed by atoms with Crippen LogP contribution in [0, 0.1) is 11.3 Å². The molecule has 4 nitrogen and oxygen atoms in total. The molecule has 0 aliphatic carbocycles. The molecular weight excluding hydrogens is 214 g/mol. The van der Waals surface area contributed by atoms with Crippen molar-refractivity contribution in [2.24, 2.45) is 11.7 Å². The summed E-state index contributed by atoms with van der Waals surface area (Å²) in [7, 11) is 0. The van der Waals surface area contributed by atoms with Crippen LogP contribution in [-0.4, -0.2) is 43.6 Å². The van der Waals surface area contributed by atoms with Gasteiger partial charge in [-0.1, -0.05) is 27.2 Å². The van der Waals surface area contributed by atoms with Gasteiger partial charge in [0.05, 0.1) is 12.4 Å². The molecular formula is C13H29N3O. The first-order valence-electron chi connectivity index (χ1n) is 6.69. The van der Waals surface area contributed by atoms with E-state index >= 15 is 0 Å². The van der Waals surface area contributed by atoms with Gasteiger partial charge >= 0.3 is 0 Å². The van der Waals surface area contributed by atoms with Crippen molar-refractivity contribution >= 4 is 5.84 Å². The van der Waals surface area contributed by atoms with Crippen molar-refractivity contribution in [1.29, 1.82) is 5.41 Å². The lowest BCUT2D eigenvalue weighted by Gasteiger charge is -2.23. The first kappa shape index (κ1) is 16.4. The van der Waals surface area contributed by atoms with E-state index in [1.165, 1.54) is 6.42 Å². The van der Waals surface area contributed by atoms with Crippen LogP contribution in [0.25, 0.3) is 0 Å². The molecule has 0 aliphatic heterocycles. The van der Waals surface area contributed by atoms with Gasteiger partial charge in [-0.25, -0.2) is 0 Å². The fourth-order valence-corrected chi connectivity index (χ4v) is 1.63. The lowest BCUT2D eigenvalue weighted by Crippen LogP contribution is -2.34. The van der Waals surface area contributed by atoms with Crippen molar-refractivity contribution in [3.63, 3.8) is 0 Å². The van der Waals surface area contributed by atoms with Crippen LogP contribution < -0.4 is 5.73 Å². The SMILES string of the molecule is CCCCOCCN(CCC(=N)N)CC(C)C. The van der Waals surface area contributed by atoms with Crippen LogP contribution in [0.2, 0.25) is 0 Å². The van der Waals surface area contributed by atoms with Gasteiger partial charge in [0.1, 0.15) is 0 Å². The average Bonchev–Trinajstić information content (AvgIpc) is 2.24. The summed E-state index contributed by atoms with van der Waals surface area (Å²) in [6.45, 7) is 11.1. The van der Waals surface area contributed by atoms with Gasteiger partial charge in [-0.05, 0) is 12.3 Å². The molecule has 0 aliphatic rings. The molecule has 3 N–H and O–H groups in total. The highest BCUT2D eigenvalue weighted by molar-refractivity contribution is 5.76. The van der Waals surface area contributed by atoms with Gasteiger partial charge in [-0.3, -0.25) is 5.41 Å². The highest BCUT2D eigenvalue weighted by atomic mass is 16.5. The Hall–Kier alpha value is -0.610. The summed E-state index contributed by atoms with van der Waals surface area (Å²) in [5.41, 5.74) is 5.39. The van der Waals surface area contributed by atoms with Gasteiger partial charge in [0.15, 0.2) is 0 Å². The summed E-state index contributed by atoms with van der Waals surface area (Å²) < 4.78 is 5.57. The van der Waals surface area contributed by atoms with Crippen LogP contribution in [-0.2, 0) is 4.74 Å². The van der Waals surface area contributed by atoms with Crippen molar-refractivity contribution in [2.75, 3.05) is 32.8 Å². The highest BCUT2D eigenvalue weighted by Gasteiger charge is 2.07. The molecule has 0 saturated carbocycles. The van der Waals surface area contributed by atoms with Crippen LogP contribution in [0.4, 0.5) is 0 Å². The monoisotopic (exact) mass is 243 g/mol. The number of amidine groups is 1. The summed E-state index contributed by atoms with van der Waals surface area (Å²) in [5, 5.41) is 7.26. The molecule has 0 radical (unpaired) electrons. The first-order valence-corrected chi connectivity index (χ1v) is 6.69. The van der Waals surface area contributed by atoms with Gasteiger partial charge < -0.3 is 15.4 Å². The van der Waals surface area contributed by atoms with E-state index in [0.29, 0.717) is 12.3 Å². The Labute approximate surface area is 106 Å². The van der Waals surface area contributed by atoms with Crippen LogP contribution in [0.15, 0.2) is 0 Å². The number of rotatable bonds is 11. The summed E-state index contributed by atoms with van der Waals surface area (Å²) >= 11 is 0. The smallest absolute Gasteiger partial charge is 0.0918 e. The second kappa shape index (κ2) is 10.5. The number of nitrogens with zero attached hydrogens (tertiary/aromatic N) is 1. The Bertz CT molecular complexity index is 195. The van der Waals surface area contributed by atoms with Crippen LogP contribution in [0.1, 0.15) is 40.0 Å². The lowest BCUT2D eigenvalue weighted by molar-refractivity contribution is 0.0983. The number of nitrogens with one attached hydrogen (secondary N) is 1. The molecule has 0 unspecified atom stereocenters. The maximum atomic E-state index is 7.26. The molecule has 0 spiro atoms. The number of ether oxygens (including phenoxy) is 1. The maximum Gasteiger partial charge on any atom is 0.0918 e. The summed E-state index contributed by atoms with van der Waals surface area (Å²) in [4.78, 5) is 2.33. The minimum Gasteiger partial charge on any atom is -0.388 e. The van der Waals surface area contributed by atoms with Gasteiger partial charge in [-0.2, -0.15) is 0 Å². The summed E-state index contributed by atoms with van der Waals surface area (Å²) in [5.74, 6) is 0.906. The van der Waals surface area contributed by atoms with E-state index in [-0.39, 0.29) is 5.84 Å². The number of nitrogens with two attached hydrogens (primary N) is 1. The van der Waals surface area contributed by atoms with Gasteiger partial charge in [0.2, 0.25) is 0 Å². The van der Waals surface area contributed by atoms with Gasteiger partial charge in [0, 0.05) is 32.7 Å². The third-order valence-corrected chi connectivity index (χ3v) is 2.51. The third kappa shape index (κ3) is 11.6. The molecule has 0 heterocycles. The van der Waals surface area contributed by atoms with E-state index in [9.17, 15) is 0 Å². The Morgan fingerprint density at radius 2 is 2.00 bits per heavy atom. The van der Waals surface area contributed by atoms with E-state index in [2.05, 4.69) is 25.7 Å².